The minimum Gasteiger partial charge on any atom is -0.381 e. The Labute approximate surface area is 215 Å². The number of carbonyl (C=O) groups is 3. The van der Waals surface area contributed by atoms with Crippen LogP contribution in [0.5, 0.6) is 0 Å². The quantitative estimate of drug-likeness (QED) is 0.570. The number of hydrogen-bond acceptors (Lipinski definition) is 7. The van der Waals surface area contributed by atoms with Crippen LogP contribution in [0.4, 0.5) is 16.4 Å². The summed E-state index contributed by atoms with van der Waals surface area (Å²) in [5.74, 6) is 0.416. The highest BCUT2D eigenvalue weighted by atomic mass is 16.5. The number of aromatic nitrogens is 2. The van der Waals surface area contributed by atoms with Crippen molar-refractivity contribution in [2.24, 2.45) is 0 Å². The van der Waals surface area contributed by atoms with E-state index in [0.29, 0.717) is 49.7 Å². The monoisotopic (exact) mass is 508 g/mol. The highest BCUT2D eigenvalue weighted by Crippen LogP contribution is 2.28. The number of aldehydes is 1. The lowest BCUT2D eigenvalue weighted by Gasteiger charge is -2.29. The van der Waals surface area contributed by atoms with E-state index < -0.39 is 11.5 Å². The fourth-order valence-corrected chi connectivity index (χ4v) is 4.06. The van der Waals surface area contributed by atoms with Gasteiger partial charge in [0, 0.05) is 51.5 Å². The number of nitriles is 1. The standard InChI is InChI=1S/C21H22N6O4.C5H10O/c1-3-26(13(2)29)11-15-7-14-5-4-6-27(20(14)24-17(15)12-28)21(31)25-19-8-18(30)16(9-22)10-23-19;1-6-5-3-2-4-5/h7-8,10,12H,3-6,11H2,1-2H3,(H2,23,25,30,31);5H,2-4H2,1H3. The number of methoxy groups -OCH3 is 1. The van der Waals surface area contributed by atoms with Crippen LogP contribution in [0.2, 0.25) is 0 Å². The van der Waals surface area contributed by atoms with Crippen LogP contribution < -0.4 is 15.6 Å². The van der Waals surface area contributed by atoms with Gasteiger partial charge in [-0.3, -0.25) is 24.6 Å². The minimum absolute atomic E-state index is 0.0576. The molecule has 1 fully saturated rings. The van der Waals surface area contributed by atoms with Crippen molar-refractivity contribution >= 4 is 29.9 Å². The van der Waals surface area contributed by atoms with Crippen LogP contribution in [0.3, 0.4) is 0 Å². The van der Waals surface area contributed by atoms with Crippen molar-refractivity contribution in [2.45, 2.75) is 58.6 Å². The average Bonchev–Trinajstić information content (AvgIpc) is 2.85. The summed E-state index contributed by atoms with van der Waals surface area (Å²) in [7, 11) is 1.78. The maximum Gasteiger partial charge on any atom is 0.328 e. The fraction of sp³-hybridized carbons (Fsp3) is 0.462. The summed E-state index contributed by atoms with van der Waals surface area (Å²) in [4.78, 5) is 58.2. The van der Waals surface area contributed by atoms with Crippen molar-refractivity contribution in [3.05, 3.63) is 50.9 Å². The number of anilines is 2. The Hall–Kier alpha value is -4.04. The molecule has 2 aromatic heterocycles. The van der Waals surface area contributed by atoms with E-state index in [9.17, 15) is 19.2 Å². The number of fused-ring (bicyclic) bond motifs is 1. The van der Waals surface area contributed by atoms with Gasteiger partial charge < -0.3 is 14.6 Å². The van der Waals surface area contributed by atoms with Crippen LogP contribution in [0.25, 0.3) is 0 Å². The number of pyridine rings is 2. The Bertz CT molecular complexity index is 1240. The van der Waals surface area contributed by atoms with Gasteiger partial charge >= 0.3 is 6.03 Å². The molecule has 3 amide bonds. The van der Waals surface area contributed by atoms with Gasteiger partial charge in [0.25, 0.3) is 0 Å². The molecule has 11 heteroatoms. The lowest BCUT2D eigenvalue weighted by Crippen LogP contribution is -2.40. The topological polar surface area (TPSA) is 148 Å². The molecule has 4 rings (SSSR count). The summed E-state index contributed by atoms with van der Waals surface area (Å²) < 4.78 is 4.99. The van der Waals surface area contributed by atoms with E-state index in [1.807, 2.05) is 13.0 Å². The largest absolute Gasteiger partial charge is 0.381 e. The molecule has 0 aromatic carbocycles. The lowest BCUT2D eigenvalue weighted by molar-refractivity contribution is -0.129. The SMILES string of the molecule is CCN(Cc1cc2c(nc1C=O)N(C(=O)Nc1cc(=O)c(C#N)c[nH]1)CCC2)C(C)=O.COC1CCC1. The number of H-pyrrole nitrogens is 1. The summed E-state index contributed by atoms with van der Waals surface area (Å²) >= 11 is 0. The highest BCUT2D eigenvalue weighted by molar-refractivity contribution is 6.01. The van der Waals surface area contributed by atoms with Crippen molar-refractivity contribution in [3.8, 4) is 6.07 Å². The first kappa shape index (κ1) is 27.5. The maximum absolute atomic E-state index is 12.8. The Balaban J connectivity index is 0.000000555. The number of carbonyl (C=O) groups excluding carboxylic acids is 3. The number of urea groups is 1. The van der Waals surface area contributed by atoms with Crippen molar-refractivity contribution in [1.82, 2.24) is 14.9 Å². The number of amides is 3. The zero-order chi connectivity index (χ0) is 26.9. The van der Waals surface area contributed by atoms with Gasteiger partial charge in [-0.2, -0.15) is 5.26 Å². The highest BCUT2D eigenvalue weighted by Gasteiger charge is 2.26. The molecule has 0 bridgehead atoms. The third-order valence-corrected chi connectivity index (χ3v) is 6.48. The Morgan fingerprint density at radius 3 is 2.62 bits per heavy atom. The van der Waals surface area contributed by atoms with Gasteiger partial charge in [0.05, 0.1) is 6.10 Å². The molecular weight excluding hydrogens is 476 g/mol. The first-order valence-corrected chi connectivity index (χ1v) is 12.3. The molecule has 1 aliphatic carbocycles. The molecule has 196 valence electrons. The predicted octanol–water partition coefficient (Wildman–Crippen LogP) is 2.99. The Morgan fingerprint density at radius 1 is 1.35 bits per heavy atom. The van der Waals surface area contributed by atoms with Crippen molar-refractivity contribution in [1.29, 1.82) is 5.26 Å². The smallest absolute Gasteiger partial charge is 0.328 e. The second-order valence-corrected chi connectivity index (χ2v) is 8.88. The van der Waals surface area contributed by atoms with Crippen LogP contribution in [-0.2, 0) is 22.5 Å². The summed E-state index contributed by atoms with van der Waals surface area (Å²) in [6.45, 7) is 4.47. The van der Waals surface area contributed by atoms with Crippen LogP contribution >= 0.6 is 0 Å². The number of aryl methyl sites for hydroxylation is 1. The van der Waals surface area contributed by atoms with Crippen molar-refractivity contribution in [3.63, 3.8) is 0 Å². The van der Waals surface area contributed by atoms with Gasteiger partial charge in [0.15, 0.2) is 6.29 Å². The summed E-state index contributed by atoms with van der Waals surface area (Å²) in [5, 5.41) is 11.4. The first-order chi connectivity index (χ1) is 17.8. The van der Waals surface area contributed by atoms with Crippen LogP contribution in [0.15, 0.2) is 23.1 Å². The first-order valence-electron chi connectivity index (χ1n) is 12.3. The third kappa shape index (κ3) is 6.80. The molecule has 2 N–H and O–H groups in total. The number of ether oxygens (including phenoxy) is 1. The molecule has 0 spiro atoms. The van der Waals surface area contributed by atoms with E-state index in [4.69, 9.17) is 10.00 Å². The molecule has 0 radical (unpaired) electrons. The molecular formula is C26H32N6O5. The zero-order valence-corrected chi connectivity index (χ0v) is 21.4. The molecule has 11 nitrogen and oxygen atoms in total. The number of rotatable bonds is 6. The molecule has 2 aromatic rings. The fourth-order valence-electron chi connectivity index (χ4n) is 4.06. The van der Waals surface area contributed by atoms with E-state index in [2.05, 4.69) is 15.3 Å². The summed E-state index contributed by atoms with van der Waals surface area (Å²) in [5.41, 5.74) is 1.04. The second kappa shape index (κ2) is 12.8. The predicted molar refractivity (Wildman–Crippen MR) is 138 cm³/mol. The third-order valence-electron chi connectivity index (χ3n) is 6.48. The van der Waals surface area contributed by atoms with Crippen LogP contribution in [0, 0.1) is 11.3 Å². The van der Waals surface area contributed by atoms with Gasteiger partial charge in [-0.25, -0.2) is 9.78 Å². The molecule has 3 heterocycles. The minimum atomic E-state index is -0.516. The molecule has 2 aliphatic rings. The lowest BCUT2D eigenvalue weighted by atomic mass is 9.96. The van der Waals surface area contributed by atoms with Gasteiger partial charge in [-0.15, -0.1) is 0 Å². The zero-order valence-electron chi connectivity index (χ0n) is 21.4. The van der Waals surface area contributed by atoms with E-state index in [-0.39, 0.29) is 29.5 Å². The molecule has 0 atom stereocenters. The maximum atomic E-state index is 12.8. The van der Waals surface area contributed by atoms with Crippen LogP contribution in [-0.4, -0.2) is 59.4 Å². The second-order valence-electron chi connectivity index (χ2n) is 8.88. The number of aromatic amines is 1. The summed E-state index contributed by atoms with van der Waals surface area (Å²) in [6.07, 6.45) is 7.78. The van der Waals surface area contributed by atoms with Gasteiger partial charge in [-0.05, 0) is 50.7 Å². The molecule has 37 heavy (non-hydrogen) atoms. The van der Waals surface area contributed by atoms with E-state index in [1.165, 1.54) is 37.3 Å². The Morgan fingerprint density at radius 2 is 2.11 bits per heavy atom. The van der Waals surface area contributed by atoms with E-state index in [1.54, 1.807) is 18.1 Å². The van der Waals surface area contributed by atoms with Crippen molar-refractivity contribution < 1.29 is 19.1 Å². The van der Waals surface area contributed by atoms with Gasteiger partial charge in [0.2, 0.25) is 11.3 Å². The molecule has 1 aliphatic heterocycles. The van der Waals surface area contributed by atoms with Gasteiger partial charge in [0.1, 0.15) is 29.0 Å². The number of hydrogen-bond donors (Lipinski definition) is 2. The Kier molecular flexibility index (Phi) is 9.51. The van der Waals surface area contributed by atoms with Gasteiger partial charge in [-0.1, -0.05) is 0 Å². The summed E-state index contributed by atoms with van der Waals surface area (Å²) in [6, 6.07) is 4.20. The normalized spacial score (nSPS) is 14.3. The molecule has 0 unspecified atom stereocenters. The van der Waals surface area contributed by atoms with E-state index in [0.717, 1.165) is 11.6 Å². The number of nitrogens with zero attached hydrogens (tertiary/aromatic N) is 4. The molecule has 0 saturated heterocycles. The number of nitrogens with one attached hydrogen (secondary N) is 2. The van der Waals surface area contributed by atoms with Crippen LogP contribution in [0.1, 0.15) is 66.7 Å². The van der Waals surface area contributed by atoms with Crippen molar-refractivity contribution in [2.75, 3.05) is 30.4 Å². The average molecular weight is 509 g/mol. The van der Waals surface area contributed by atoms with E-state index >= 15 is 0 Å². The molecule has 1 saturated carbocycles.